The first-order valence-electron chi connectivity index (χ1n) is 16.8. The molecule has 2 aromatic heterocycles. The quantitative estimate of drug-likeness (QED) is 0.164. The minimum atomic E-state index is 0.483. The Labute approximate surface area is 285 Å². The van der Waals surface area contributed by atoms with Gasteiger partial charge in [0, 0.05) is 44.2 Å². The molecule has 0 spiro atoms. The molecule has 234 valence electrons. The van der Waals surface area contributed by atoms with Crippen molar-refractivity contribution in [3.8, 4) is 16.8 Å². The van der Waals surface area contributed by atoms with Gasteiger partial charge in [0.25, 0.3) is 0 Å². The molecule has 4 nitrogen and oxygen atoms in total. The first-order chi connectivity index (χ1) is 24.3. The van der Waals surface area contributed by atoms with Crippen LogP contribution < -0.4 is 0 Å². The molecular formula is C45H34N4. The van der Waals surface area contributed by atoms with Gasteiger partial charge in [-0.15, -0.1) is 0 Å². The Bertz CT molecular complexity index is 2570. The van der Waals surface area contributed by atoms with Crippen LogP contribution in [0.3, 0.4) is 0 Å². The summed E-state index contributed by atoms with van der Waals surface area (Å²) in [6.07, 6.45) is 14.9. The fourth-order valence-electron chi connectivity index (χ4n) is 7.55. The zero-order valence-corrected chi connectivity index (χ0v) is 27.1. The van der Waals surface area contributed by atoms with Crippen LogP contribution in [-0.4, -0.2) is 21.6 Å². The molecule has 0 amide bonds. The summed E-state index contributed by atoms with van der Waals surface area (Å²) in [5.74, 6) is 0. The van der Waals surface area contributed by atoms with Crippen molar-refractivity contribution in [3.05, 3.63) is 174 Å². The van der Waals surface area contributed by atoms with E-state index in [0.717, 1.165) is 40.9 Å². The highest BCUT2D eigenvalue weighted by atomic mass is 15.1. The molecule has 7 aromatic rings. The summed E-state index contributed by atoms with van der Waals surface area (Å²) < 4.78 is 4.77. The lowest BCUT2D eigenvalue weighted by Crippen LogP contribution is -2.06. The van der Waals surface area contributed by atoms with E-state index in [0.29, 0.717) is 6.67 Å². The first kappa shape index (κ1) is 28.9. The van der Waals surface area contributed by atoms with E-state index in [1.54, 1.807) is 0 Å². The maximum atomic E-state index is 5.17. The van der Waals surface area contributed by atoms with E-state index < -0.39 is 0 Å². The van der Waals surface area contributed by atoms with E-state index in [4.69, 9.17) is 4.99 Å². The van der Waals surface area contributed by atoms with Gasteiger partial charge in [-0.05, 0) is 79.2 Å². The van der Waals surface area contributed by atoms with Crippen molar-refractivity contribution in [1.29, 1.82) is 0 Å². The van der Waals surface area contributed by atoms with Crippen molar-refractivity contribution >= 4 is 56.9 Å². The van der Waals surface area contributed by atoms with Crippen molar-refractivity contribution in [2.75, 3.05) is 0 Å². The molecule has 0 fully saturated rings. The monoisotopic (exact) mass is 630 g/mol. The standard InChI is InChI=1S/C45H34N4/c1-46-45(31-14-4-2-5-15-31)37-20-8-11-21-40(37)47-30-48-41-22-12-9-18-35(41)38-28-32(24-26-42(38)48)33-25-27-44-39(29-33)36-19-10-13-23-43(36)49(44)34-16-6-3-7-17-34/h2-12,14-22,24-29H,1,13,23,30H2/b45-37-,47-40-. The molecule has 2 aliphatic carbocycles. The number of rotatable bonds is 6. The number of hydrogen-bond donors (Lipinski definition) is 0. The number of allylic oxidation sites excluding steroid dienone is 6. The fraction of sp³-hybridized carbons (Fsp3) is 0.0667. The summed E-state index contributed by atoms with van der Waals surface area (Å²) in [6, 6.07) is 43.4. The van der Waals surface area contributed by atoms with Crippen molar-refractivity contribution in [1.82, 2.24) is 9.13 Å². The van der Waals surface area contributed by atoms with Gasteiger partial charge in [-0.1, -0.05) is 109 Å². The normalized spacial score (nSPS) is 15.8. The Kier molecular flexibility index (Phi) is 7.13. The van der Waals surface area contributed by atoms with Gasteiger partial charge < -0.3 is 9.13 Å². The van der Waals surface area contributed by atoms with Crippen LogP contribution in [0.1, 0.15) is 23.2 Å². The van der Waals surface area contributed by atoms with Crippen LogP contribution in [-0.2, 0) is 13.1 Å². The maximum Gasteiger partial charge on any atom is 0.115 e. The Morgan fingerprint density at radius 3 is 2.16 bits per heavy atom. The predicted octanol–water partition coefficient (Wildman–Crippen LogP) is 11.0. The van der Waals surface area contributed by atoms with Gasteiger partial charge in [-0.25, -0.2) is 0 Å². The van der Waals surface area contributed by atoms with E-state index in [1.165, 1.54) is 55.3 Å². The van der Waals surface area contributed by atoms with E-state index in [9.17, 15) is 0 Å². The Balaban J connectivity index is 1.14. The summed E-state index contributed by atoms with van der Waals surface area (Å²) in [6.45, 7) is 4.38. The lowest BCUT2D eigenvalue weighted by atomic mass is 9.98. The summed E-state index contributed by atoms with van der Waals surface area (Å²) in [5.41, 5.74) is 13.7. The predicted molar refractivity (Wildman–Crippen MR) is 208 cm³/mol. The molecule has 49 heavy (non-hydrogen) atoms. The molecule has 0 atom stereocenters. The number of nitrogens with zero attached hydrogens (tertiary/aromatic N) is 4. The van der Waals surface area contributed by atoms with Gasteiger partial charge in [0.2, 0.25) is 0 Å². The molecule has 0 saturated heterocycles. The fourth-order valence-corrected chi connectivity index (χ4v) is 7.55. The largest absolute Gasteiger partial charge is 0.320 e. The van der Waals surface area contributed by atoms with Crippen LogP contribution in [0.5, 0.6) is 0 Å². The third kappa shape index (κ3) is 4.92. The average molecular weight is 631 g/mol. The number of aromatic nitrogens is 2. The van der Waals surface area contributed by atoms with Crippen LogP contribution in [0.15, 0.2) is 167 Å². The van der Waals surface area contributed by atoms with E-state index in [1.807, 2.05) is 30.4 Å². The summed E-state index contributed by atoms with van der Waals surface area (Å²) in [5, 5.41) is 3.75. The molecule has 0 saturated carbocycles. The number of hydrogen-bond acceptors (Lipinski definition) is 2. The Morgan fingerprint density at radius 2 is 1.35 bits per heavy atom. The van der Waals surface area contributed by atoms with E-state index in [2.05, 4.69) is 148 Å². The van der Waals surface area contributed by atoms with Crippen LogP contribution in [0.25, 0.3) is 61.3 Å². The number of benzene rings is 5. The molecule has 5 aromatic carbocycles. The third-order valence-corrected chi connectivity index (χ3v) is 9.81. The average Bonchev–Trinajstić information content (AvgIpc) is 3.67. The summed E-state index contributed by atoms with van der Waals surface area (Å²) >= 11 is 0. The molecule has 9 rings (SSSR count). The molecule has 2 aliphatic rings. The van der Waals surface area contributed by atoms with E-state index in [-0.39, 0.29) is 0 Å². The van der Waals surface area contributed by atoms with Crippen LogP contribution >= 0.6 is 0 Å². The first-order valence-corrected chi connectivity index (χ1v) is 16.8. The SMILES string of the molecule is C=N/C(=C1/C=CC=C/C1=N/Cn1c2ccccc2c2cc(-c3ccc4c(c3)c3c(n4-c4ccccc4)CCC=C3)ccc21)c1ccccc1. The second-order valence-electron chi connectivity index (χ2n) is 12.6. The van der Waals surface area contributed by atoms with Gasteiger partial charge in [-0.3, -0.25) is 9.98 Å². The van der Waals surface area contributed by atoms with E-state index >= 15 is 0 Å². The van der Waals surface area contributed by atoms with Gasteiger partial charge in [0.1, 0.15) is 6.67 Å². The molecule has 0 bridgehead atoms. The topological polar surface area (TPSA) is 34.6 Å². The molecule has 4 heteroatoms. The number of fused-ring (bicyclic) bond motifs is 6. The highest BCUT2D eigenvalue weighted by Crippen LogP contribution is 2.38. The molecule has 0 N–H and O–H groups in total. The van der Waals surface area contributed by atoms with Crippen molar-refractivity contribution < 1.29 is 0 Å². The second-order valence-corrected chi connectivity index (χ2v) is 12.6. The number of para-hydroxylation sites is 2. The van der Waals surface area contributed by atoms with Gasteiger partial charge in [-0.2, -0.15) is 0 Å². The lowest BCUT2D eigenvalue weighted by Gasteiger charge is -2.13. The van der Waals surface area contributed by atoms with Crippen LogP contribution in [0.4, 0.5) is 0 Å². The summed E-state index contributed by atoms with van der Waals surface area (Å²) in [4.78, 5) is 9.60. The summed E-state index contributed by atoms with van der Waals surface area (Å²) in [7, 11) is 0. The highest BCUT2D eigenvalue weighted by Gasteiger charge is 2.20. The highest BCUT2D eigenvalue weighted by molar-refractivity contribution is 6.16. The van der Waals surface area contributed by atoms with Crippen LogP contribution in [0, 0.1) is 0 Å². The molecule has 0 aliphatic heterocycles. The zero-order valence-electron chi connectivity index (χ0n) is 27.1. The second kappa shape index (κ2) is 12.1. The number of aliphatic imine (C=N–C) groups is 2. The molecule has 0 unspecified atom stereocenters. The molecule has 2 heterocycles. The minimum Gasteiger partial charge on any atom is -0.320 e. The van der Waals surface area contributed by atoms with Gasteiger partial charge >= 0.3 is 0 Å². The minimum absolute atomic E-state index is 0.483. The van der Waals surface area contributed by atoms with Gasteiger partial charge in [0.05, 0.1) is 28.0 Å². The van der Waals surface area contributed by atoms with Crippen molar-refractivity contribution in [2.45, 2.75) is 19.5 Å². The Morgan fingerprint density at radius 1 is 0.653 bits per heavy atom. The van der Waals surface area contributed by atoms with Crippen molar-refractivity contribution in [3.63, 3.8) is 0 Å². The van der Waals surface area contributed by atoms with Crippen LogP contribution in [0.2, 0.25) is 0 Å². The molecular weight excluding hydrogens is 597 g/mol. The zero-order chi connectivity index (χ0) is 32.7. The van der Waals surface area contributed by atoms with Gasteiger partial charge in [0.15, 0.2) is 0 Å². The van der Waals surface area contributed by atoms with Crippen molar-refractivity contribution in [2.24, 2.45) is 9.98 Å². The smallest absolute Gasteiger partial charge is 0.115 e. The maximum absolute atomic E-state index is 5.17. The Hall–Kier alpha value is -6.26. The third-order valence-electron chi connectivity index (χ3n) is 9.81. The molecule has 0 radical (unpaired) electrons. The lowest BCUT2D eigenvalue weighted by molar-refractivity contribution is 0.793.